The van der Waals surface area contributed by atoms with E-state index in [9.17, 15) is 22.8 Å². The smallest absolute Gasteiger partial charge is 0.350 e. The number of carbonyl (C=O) groups is 1. The highest BCUT2D eigenvalue weighted by Crippen LogP contribution is 2.27. The molecule has 0 aromatic carbocycles. The van der Waals surface area contributed by atoms with Crippen LogP contribution >= 0.6 is 0 Å². The van der Waals surface area contributed by atoms with Gasteiger partial charge in [-0.25, -0.2) is 4.68 Å². The van der Waals surface area contributed by atoms with Crippen molar-refractivity contribution in [3.8, 4) is 0 Å². The van der Waals surface area contributed by atoms with Crippen molar-refractivity contribution in [2.75, 3.05) is 19.6 Å². The molecule has 10 heteroatoms. The summed E-state index contributed by atoms with van der Waals surface area (Å²) in [6.45, 7) is 4.12. The molecule has 0 aliphatic carbocycles. The maximum atomic E-state index is 12.6. The number of hydrogen-bond acceptors (Lipinski definition) is 5. The Balaban J connectivity index is 1.56. The van der Waals surface area contributed by atoms with E-state index in [0.717, 1.165) is 49.8 Å². The second-order valence-corrected chi connectivity index (χ2v) is 7.36. The monoisotopic (exact) mass is 423 g/mol. The van der Waals surface area contributed by atoms with E-state index in [1.165, 1.54) is 10.7 Å². The number of alkyl halides is 3. The molecule has 2 aromatic heterocycles. The van der Waals surface area contributed by atoms with Crippen molar-refractivity contribution in [2.24, 2.45) is 0 Å². The fraction of sp³-hybridized carbons (Fsp3) is 0.500. The number of aryl methyl sites for hydroxylation is 1. The van der Waals surface area contributed by atoms with Gasteiger partial charge in [0.2, 0.25) is 0 Å². The first-order valence-corrected chi connectivity index (χ1v) is 9.84. The van der Waals surface area contributed by atoms with Crippen LogP contribution in [0.1, 0.15) is 41.0 Å². The molecular formula is C20H24F3N5O2. The van der Waals surface area contributed by atoms with Gasteiger partial charge in [-0.05, 0) is 44.5 Å². The van der Waals surface area contributed by atoms with E-state index >= 15 is 0 Å². The molecule has 3 heterocycles. The average molecular weight is 423 g/mol. The standard InChI is InChI=1S/C20H24F3N5O2/c1-14-5-8-18(29)28(26-14)11-10-27-9-3-2-4-16(27)13-25-19(30)15-6-7-17(24-12-15)20(21,22)23/h5-8,12,16H,2-4,9-11,13H2,1H3,(H,25,30). The van der Waals surface area contributed by atoms with Crippen LogP contribution in [0.3, 0.4) is 0 Å². The van der Waals surface area contributed by atoms with Gasteiger partial charge < -0.3 is 5.32 Å². The first-order valence-electron chi connectivity index (χ1n) is 9.84. The Labute approximate surface area is 171 Å². The highest BCUT2D eigenvalue weighted by molar-refractivity contribution is 5.93. The molecule has 1 amide bonds. The van der Waals surface area contributed by atoms with Crippen LogP contribution in [-0.4, -0.2) is 51.2 Å². The number of carbonyl (C=O) groups excluding carboxylic acids is 1. The summed E-state index contributed by atoms with van der Waals surface area (Å²) < 4.78 is 39.2. The second kappa shape index (κ2) is 9.38. The molecule has 0 saturated carbocycles. The summed E-state index contributed by atoms with van der Waals surface area (Å²) in [5.74, 6) is -0.460. The van der Waals surface area contributed by atoms with Crippen LogP contribution < -0.4 is 10.9 Å². The number of likely N-dealkylation sites (tertiary alicyclic amines) is 1. The largest absolute Gasteiger partial charge is 0.433 e. The van der Waals surface area contributed by atoms with Crippen LogP contribution in [0.15, 0.2) is 35.3 Å². The van der Waals surface area contributed by atoms with Crippen molar-refractivity contribution in [1.29, 1.82) is 0 Å². The minimum atomic E-state index is -4.54. The molecule has 162 valence electrons. The summed E-state index contributed by atoms with van der Waals surface area (Å²) in [6, 6.07) is 5.18. The van der Waals surface area contributed by atoms with Gasteiger partial charge in [-0.15, -0.1) is 0 Å². The minimum absolute atomic E-state index is 0.0841. The Morgan fingerprint density at radius 1 is 1.20 bits per heavy atom. The molecule has 0 bridgehead atoms. The Bertz CT molecular complexity index is 927. The average Bonchev–Trinajstić information content (AvgIpc) is 2.72. The Morgan fingerprint density at radius 2 is 2.00 bits per heavy atom. The van der Waals surface area contributed by atoms with Gasteiger partial charge in [-0.1, -0.05) is 6.42 Å². The molecule has 30 heavy (non-hydrogen) atoms. The summed E-state index contributed by atoms with van der Waals surface area (Å²) >= 11 is 0. The van der Waals surface area contributed by atoms with E-state index in [2.05, 4.69) is 20.3 Å². The lowest BCUT2D eigenvalue weighted by atomic mass is 10.0. The van der Waals surface area contributed by atoms with E-state index in [1.807, 2.05) is 6.92 Å². The molecule has 1 saturated heterocycles. The molecule has 1 aliphatic rings. The number of nitrogens with one attached hydrogen (secondary N) is 1. The lowest BCUT2D eigenvalue weighted by Gasteiger charge is -2.35. The number of piperidine rings is 1. The van der Waals surface area contributed by atoms with E-state index in [4.69, 9.17) is 0 Å². The third kappa shape index (κ3) is 5.65. The van der Waals surface area contributed by atoms with Crippen LogP contribution in [0.2, 0.25) is 0 Å². The number of nitrogens with zero attached hydrogens (tertiary/aromatic N) is 4. The molecule has 1 aliphatic heterocycles. The molecule has 0 radical (unpaired) electrons. The van der Waals surface area contributed by atoms with E-state index in [0.29, 0.717) is 19.6 Å². The summed E-state index contributed by atoms with van der Waals surface area (Å²) in [5, 5.41) is 7.03. The van der Waals surface area contributed by atoms with Crippen molar-refractivity contribution in [1.82, 2.24) is 25.0 Å². The van der Waals surface area contributed by atoms with Crippen LogP contribution in [0.4, 0.5) is 13.2 Å². The maximum absolute atomic E-state index is 12.6. The van der Waals surface area contributed by atoms with Crippen molar-refractivity contribution in [3.05, 3.63) is 57.8 Å². The van der Waals surface area contributed by atoms with Gasteiger partial charge in [0.05, 0.1) is 17.8 Å². The predicted octanol–water partition coefficient (Wildman–Crippen LogP) is 2.25. The lowest BCUT2D eigenvalue weighted by molar-refractivity contribution is -0.141. The van der Waals surface area contributed by atoms with Crippen LogP contribution in [-0.2, 0) is 12.7 Å². The zero-order chi connectivity index (χ0) is 21.7. The third-order valence-electron chi connectivity index (χ3n) is 5.16. The van der Waals surface area contributed by atoms with Gasteiger partial charge in [0.15, 0.2) is 0 Å². The Hall–Kier alpha value is -2.75. The molecule has 2 aromatic rings. The highest BCUT2D eigenvalue weighted by atomic mass is 19.4. The summed E-state index contributed by atoms with van der Waals surface area (Å²) in [7, 11) is 0. The molecule has 1 N–H and O–H groups in total. The zero-order valence-corrected chi connectivity index (χ0v) is 16.7. The van der Waals surface area contributed by atoms with Gasteiger partial charge in [0, 0.05) is 31.4 Å². The third-order valence-corrected chi connectivity index (χ3v) is 5.16. The fourth-order valence-corrected chi connectivity index (χ4v) is 3.53. The second-order valence-electron chi connectivity index (χ2n) is 7.36. The first kappa shape index (κ1) is 21.9. The van der Waals surface area contributed by atoms with Crippen molar-refractivity contribution < 1.29 is 18.0 Å². The summed E-state index contributed by atoms with van der Waals surface area (Å²) in [5.41, 5.74) is -0.335. The summed E-state index contributed by atoms with van der Waals surface area (Å²) in [6.07, 6.45) is -0.648. The van der Waals surface area contributed by atoms with Crippen LogP contribution in [0.5, 0.6) is 0 Å². The molecule has 7 nitrogen and oxygen atoms in total. The van der Waals surface area contributed by atoms with E-state index in [-0.39, 0.29) is 17.2 Å². The van der Waals surface area contributed by atoms with Gasteiger partial charge in [-0.2, -0.15) is 18.3 Å². The Kier molecular flexibility index (Phi) is 6.86. The number of amides is 1. The minimum Gasteiger partial charge on any atom is -0.350 e. The molecule has 1 unspecified atom stereocenters. The van der Waals surface area contributed by atoms with Gasteiger partial charge in [0.1, 0.15) is 5.69 Å². The van der Waals surface area contributed by atoms with E-state index in [1.54, 1.807) is 6.07 Å². The van der Waals surface area contributed by atoms with Gasteiger partial charge >= 0.3 is 6.18 Å². The molecular weight excluding hydrogens is 399 g/mol. The quantitative estimate of drug-likeness (QED) is 0.771. The number of hydrogen-bond donors (Lipinski definition) is 1. The first-order chi connectivity index (χ1) is 14.2. The number of halogens is 3. The number of pyridine rings is 1. The zero-order valence-electron chi connectivity index (χ0n) is 16.7. The molecule has 3 rings (SSSR count). The van der Waals surface area contributed by atoms with Gasteiger partial charge in [0.25, 0.3) is 11.5 Å². The van der Waals surface area contributed by atoms with Gasteiger partial charge in [-0.3, -0.25) is 19.5 Å². The predicted molar refractivity (Wildman–Crippen MR) is 104 cm³/mol. The number of rotatable bonds is 6. The van der Waals surface area contributed by atoms with Crippen molar-refractivity contribution in [2.45, 2.75) is 44.9 Å². The normalized spacial score (nSPS) is 17.7. The van der Waals surface area contributed by atoms with E-state index < -0.39 is 17.8 Å². The summed E-state index contributed by atoms with van der Waals surface area (Å²) in [4.78, 5) is 29.8. The topological polar surface area (TPSA) is 80.1 Å². The van der Waals surface area contributed by atoms with Crippen molar-refractivity contribution in [3.63, 3.8) is 0 Å². The molecule has 1 atom stereocenters. The maximum Gasteiger partial charge on any atom is 0.433 e. The molecule has 1 fully saturated rings. The SMILES string of the molecule is Cc1ccc(=O)n(CCN2CCCCC2CNC(=O)c2ccc(C(F)(F)F)nc2)n1. The Morgan fingerprint density at radius 3 is 2.70 bits per heavy atom. The van der Waals surface area contributed by atoms with Crippen LogP contribution in [0.25, 0.3) is 0 Å². The number of aromatic nitrogens is 3. The highest BCUT2D eigenvalue weighted by Gasteiger charge is 2.32. The van der Waals surface area contributed by atoms with Crippen LogP contribution in [0, 0.1) is 6.92 Å². The lowest BCUT2D eigenvalue weighted by Crippen LogP contribution is -2.48. The fourth-order valence-electron chi connectivity index (χ4n) is 3.53. The van der Waals surface area contributed by atoms with Crippen molar-refractivity contribution >= 4 is 5.91 Å². The molecule has 0 spiro atoms.